The number of fused-ring (bicyclic) bond motifs is 1. The van der Waals surface area contributed by atoms with Crippen molar-refractivity contribution in [1.82, 2.24) is 34.8 Å². The van der Waals surface area contributed by atoms with Crippen LogP contribution in [-0.2, 0) is 0 Å². The van der Waals surface area contributed by atoms with Crippen LogP contribution < -0.4 is 0 Å². The molecule has 30 heavy (non-hydrogen) atoms. The number of aromatic amines is 1. The molecule has 1 aliphatic heterocycles. The summed E-state index contributed by atoms with van der Waals surface area (Å²) in [6.07, 6.45) is 4.57. The van der Waals surface area contributed by atoms with Crippen molar-refractivity contribution in [3.8, 4) is 17.1 Å². The number of hydrogen-bond donors (Lipinski definition) is 1. The lowest BCUT2D eigenvalue weighted by Gasteiger charge is -2.32. The molecular weight excluding hydrogens is 392 g/mol. The van der Waals surface area contributed by atoms with E-state index >= 15 is 0 Å². The van der Waals surface area contributed by atoms with Crippen LogP contribution in [0.25, 0.3) is 28.1 Å². The second-order valence-corrected chi connectivity index (χ2v) is 7.26. The van der Waals surface area contributed by atoms with E-state index in [-0.39, 0.29) is 18.4 Å². The monoisotopic (exact) mass is 409 g/mol. The van der Waals surface area contributed by atoms with Crippen LogP contribution in [0.15, 0.2) is 49.1 Å². The highest BCUT2D eigenvalue weighted by Crippen LogP contribution is 2.28. The number of amides is 1. The molecule has 1 aliphatic rings. The van der Waals surface area contributed by atoms with E-state index in [1.54, 1.807) is 16.9 Å². The van der Waals surface area contributed by atoms with E-state index in [0.717, 1.165) is 11.3 Å². The average Bonchev–Trinajstić information content (AvgIpc) is 3.42. The van der Waals surface area contributed by atoms with Gasteiger partial charge in [-0.1, -0.05) is 0 Å². The van der Waals surface area contributed by atoms with Crippen molar-refractivity contribution in [2.45, 2.75) is 18.8 Å². The minimum atomic E-state index is -2.84. The number of rotatable bonds is 3. The Kier molecular flexibility index (Phi) is 4.27. The van der Waals surface area contributed by atoms with Gasteiger partial charge in [-0.15, -0.1) is 0 Å². The molecule has 8 nitrogen and oxygen atoms in total. The molecule has 0 aliphatic carbocycles. The van der Waals surface area contributed by atoms with Gasteiger partial charge in [0.05, 0.1) is 24.0 Å². The number of H-pyrrole nitrogens is 1. The summed E-state index contributed by atoms with van der Waals surface area (Å²) >= 11 is 0. The van der Waals surface area contributed by atoms with E-state index in [4.69, 9.17) is 0 Å². The number of halogens is 2. The zero-order valence-electron chi connectivity index (χ0n) is 15.8. The summed E-state index contributed by atoms with van der Waals surface area (Å²) in [5.74, 6) is -2.61. The molecule has 152 valence electrons. The number of likely N-dealkylation sites (tertiary alicyclic amines) is 1. The van der Waals surface area contributed by atoms with E-state index in [1.807, 2.05) is 24.3 Å². The minimum absolute atomic E-state index is 0.184. The normalized spacial score (nSPS) is 16.1. The van der Waals surface area contributed by atoms with Crippen LogP contribution in [0.3, 0.4) is 0 Å². The molecule has 4 heterocycles. The molecule has 3 aromatic heterocycles. The lowest BCUT2D eigenvalue weighted by Crippen LogP contribution is -2.45. The van der Waals surface area contributed by atoms with Crippen LogP contribution in [0.1, 0.15) is 23.2 Å². The maximum absolute atomic E-state index is 13.7. The predicted octanol–water partition coefficient (Wildman–Crippen LogP) is 3.08. The number of piperidine rings is 1. The number of aromatic nitrogens is 6. The van der Waals surface area contributed by atoms with Gasteiger partial charge in [0.1, 0.15) is 6.33 Å². The Morgan fingerprint density at radius 1 is 1.13 bits per heavy atom. The Bertz CT molecular complexity index is 1200. The molecular formula is C20H17F2N7O. The van der Waals surface area contributed by atoms with Crippen LogP contribution in [0.4, 0.5) is 8.78 Å². The zero-order valence-corrected chi connectivity index (χ0v) is 15.8. The average molecular weight is 409 g/mol. The fourth-order valence-corrected chi connectivity index (χ4v) is 3.65. The van der Waals surface area contributed by atoms with Crippen molar-refractivity contribution in [2.24, 2.45) is 0 Å². The second kappa shape index (κ2) is 6.97. The fourth-order valence-electron chi connectivity index (χ4n) is 3.65. The molecule has 0 unspecified atom stereocenters. The topological polar surface area (TPSA) is 92.6 Å². The van der Waals surface area contributed by atoms with Gasteiger partial charge in [0, 0.05) is 30.1 Å². The summed E-state index contributed by atoms with van der Waals surface area (Å²) in [6, 6.07) is 9.17. The molecule has 0 spiro atoms. The van der Waals surface area contributed by atoms with Crippen molar-refractivity contribution in [3.63, 3.8) is 0 Å². The molecule has 0 bridgehead atoms. The van der Waals surface area contributed by atoms with Gasteiger partial charge in [-0.25, -0.2) is 23.4 Å². The highest BCUT2D eigenvalue weighted by molar-refractivity contribution is 5.97. The first-order valence-corrected chi connectivity index (χ1v) is 9.47. The highest BCUT2D eigenvalue weighted by atomic mass is 19.3. The first kappa shape index (κ1) is 18.3. The molecule has 1 fully saturated rings. The number of alkyl halides is 2. The summed E-state index contributed by atoms with van der Waals surface area (Å²) in [7, 11) is 0. The minimum Gasteiger partial charge on any atom is -0.333 e. The quantitative estimate of drug-likeness (QED) is 0.561. The van der Waals surface area contributed by atoms with E-state index in [9.17, 15) is 13.6 Å². The summed E-state index contributed by atoms with van der Waals surface area (Å²) in [6.45, 7) is -0.232. The summed E-state index contributed by atoms with van der Waals surface area (Å²) in [4.78, 5) is 22.4. The predicted molar refractivity (Wildman–Crippen MR) is 104 cm³/mol. The van der Waals surface area contributed by atoms with Gasteiger partial charge in [0.2, 0.25) is 0 Å². The van der Waals surface area contributed by atoms with E-state index in [2.05, 4.69) is 25.3 Å². The third-order valence-electron chi connectivity index (χ3n) is 5.14. The number of carbonyl (C=O) groups is 1. The van der Waals surface area contributed by atoms with Crippen molar-refractivity contribution < 1.29 is 13.6 Å². The van der Waals surface area contributed by atoms with E-state index in [0.29, 0.717) is 23.4 Å². The third-order valence-corrected chi connectivity index (χ3v) is 5.14. The van der Waals surface area contributed by atoms with Crippen molar-refractivity contribution in [1.29, 1.82) is 0 Å². The molecule has 4 aromatic rings. The molecule has 0 saturated carbocycles. The maximum Gasteiger partial charge on any atom is 0.265 e. The van der Waals surface area contributed by atoms with Gasteiger partial charge in [0.15, 0.2) is 11.5 Å². The smallest absolute Gasteiger partial charge is 0.265 e. The van der Waals surface area contributed by atoms with Crippen LogP contribution in [0, 0.1) is 0 Å². The first-order chi connectivity index (χ1) is 14.5. The summed E-state index contributed by atoms with van der Waals surface area (Å²) < 4.78 is 29.0. The molecule has 1 aromatic carbocycles. The Balaban J connectivity index is 1.42. The first-order valence-electron chi connectivity index (χ1n) is 9.47. The van der Waals surface area contributed by atoms with Gasteiger partial charge in [-0.05, 0) is 36.8 Å². The van der Waals surface area contributed by atoms with Crippen LogP contribution in [-0.4, -0.2) is 59.8 Å². The summed E-state index contributed by atoms with van der Waals surface area (Å²) in [5, 5.41) is 11.7. The maximum atomic E-state index is 13.7. The Morgan fingerprint density at radius 2 is 1.97 bits per heavy atom. The Morgan fingerprint density at radius 3 is 2.70 bits per heavy atom. The molecule has 1 saturated heterocycles. The largest absolute Gasteiger partial charge is 0.333 e. The Hall–Kier alpha value is -3.69. The van der Waals surface area contributed by atoms with Crippen molar-refractivity contribution >= 4 is 16.9 Å². The van der Waals surface area contributed by atoms with Gasteiger partial charge >= 0.3 is 0 Å². The molecule has 1 amide bonds. The van der Waals surface area contributed by atoms with Gasteiger partial charge < -0.3 is 4.90 Å². The molecule has 5 rings (SSSR count). The van der Waals surface area contributed by atoms with E-state index in [1.165, 1.54) is 17.4 Å². The molecule has 10 heteroatoms. The number of carbonyl (C=O) groups excluding carboxylic acids is 1. The van der Waals surface area contributed by atoms with Gasteiger partial charge in [-0.3, -0.25) is 9.89 Å². The van der Waals surface area contributed by atoms with Crippen molar-refractivity contribution in [3.05, 3.63) is 54.6 Å². The van der Waals surface area contributed by atoms with Crippen LogP contribution >= 0.6 is 0 Å². The third kappa shape index (κ3) is 3.30. The fraction of sp³-hybridized carbons (Fsp3) is 0.250. The van der Waals surface area contributed by atoms with Gasteiger partial charge in [0.25, 0.3) is 11.8 Å². The zero-order chi connectivity index (χ0) is 20.7. The summed E-state index contributed by atoms with van der Waals surface area (Å²) in [5.41, 5.74) is 2.52. The number of nitrogens with zero attached hydrogens (tertiary/aromatic N) is 6. The van der Waals surface area contributed by atoms with Gasteiger partial charge in [-0.2, -0.15) is 10.2 Å². The van der Waals surface area contributed by atoms with E-state index < -0.39 is 18.4 Å². The molecule has 1 N–H and O–H groups in total. The Labute approximate surface area is 169 Å². The van der Waals surface area contributed by atoms with Crippen LogP contribution in [0.2, 0.25) is 0 Å². The number of nitrogens with one attached hydrogen (secondary N) is 1. The number of hydrogen-bond acceptors (Lipinski definition) is 5. The second-order valence-electron chi connectivity index (χ2n) is 7.26. The number of benzene rings is 1. The molecule has 0 radical (unpaired) electrons. The standard InChI is InChI=1S/C20H17F2N7O/c21-20(22)6-1-7-28(11-20)19(30)15-8-14-10-26-29(18(14)23-9-15)16-4-2-13(3-5-16)17-24-12-25-27-17/h2-5,8-10,12H,1,6-7,11H2,(H,24,25,27). The highest BCUT2D eigenvalue weighted by Gasteiger charge is 2.37. The van der Waals surface area contributed by atoms with Crippen LogP contribution in [0.5, 0.6) is 0 Å². The molecule has 0 atom stereocenters. The lowest BCUT2D eigenvalue weighted by molar-refractivity contribution is -0.0560. The van der Waals surface area contributed by atoms with Crippen molar-refractivity contribution in [2.75, 3.05) is 13.1 Å². The lowest BCUT2D eigenvalue weighted by atomic mass is 10.1. The number of pyridine rings is 1. The SMILES string of the molecule is O=C(c1cnc2c(cnn2-c2ccc(-c3ncn[nH]3)cc2)c1)N1CCCC(F)(F)C1.